The molecule has 0 fully saturated rings. The van der Waals surface area contributed by atoms with Crippen molar-refractivity contribution in [2.45, 2.75) is 26.8 Å². The largest absolute Gasteiger partial charge is 0.317 e. The number of aryl methyl sites for hydroxylation is 2. The Balaban J connectivity index is 2.13. The van der Waals surface area contributed by atoms with Crippen molar-refractivity contribution < 1.29 is 0 Å². The minimum Gasteiger partial charge on any atom is -0.317 e. The third-order valence-electron chi connectivity index (χ3n) is 2.42. The molecule has 2 rings (SSSR count). The maximum Gasteiger partial charge on any atom is 0.214 e. The number of nitrogens with one attached hydrogen (secondary N) is 2. The summed E-state index contributed by atoms with van der Waals surface area (Å²) in [6.07, 6.45) is 0.851. The molecular weight excluding hydrogens is 240 g/mol. The molecule has 4 nitrogen and oxygen atoms in total. The van der Waals surface area contributed by atoms with E-state index in [1.54, 1.807) is 11.3 Å². The highest BCUT2D eigenvalue weighted by Crippen LogP contribution is 2.15. The number of nitrogens with zero attached hydrogens (tertiary/aromatic N) is 2. The molecule has 0 spiro atoms. The molecule has 2 aromatic heterocycles. The summed E-state index contributed by atoms with van der Waals surface area (Å²) in [5, 5.41) is 9.03. The molecule has 0 unspecified atom stereocenters. The van der Waals surface area contributed by atoms with E-state index >= 15 is 0 Å². The second-order valence-electron chi connectivity index (χ2n) is 3.50. The Morgan fingerprint density at radius 3 is 3.06 bits per heavy atom. The van der Waals surface area contributed by atoms with E-state index in [1.165, 1.54) is 10.4 Å². The zero-order valence-electron chi connectivity index (χ0n) is 9.28. The lowest BCUT2D eigenvalue weighted by Gasteiger charge is -2.08. The number of thiophene rings is 1. The number of rotatable bonds is 4. The molecule has 86 valence electrons. The maximum atomic E-state index is 5.15. The minimum atomic E-state index is 0.617. The van der Waals surface area contributed by atoms with Crippen molar-refractivity contribution in [3.63, 3.8) is 0 Å². The molecule has 0 aliphatic heterocycles. The Morgan fingerprint density at radius 2 is 2.44 bits per heavy atom. The smallest absolute Gasteiger partial charge is 0.214 e. The van der Waals surface area contributed by atoms with Crippen LogP contribution < -0.4 is 5.43 Å². The Bertz CT molecular complexity index is 523. The number of H-pyrrole nitrogens is 1. The number of aromatic amines is 1. The third-order valence-corrected chi connectivity index (χ3v) is 3.72. The quantitative estimate of drug-likeness (QED) is 0.824. The molecule has 0 aliphatic carbocycles. The van der Waals surface area contributed by atoms with Crippen LogP contribution >= 0.6 is 23.6 Å². The SMILES string of the molecule is CCc1n[nH]c(=S)n1NCc1sccc1C. The third kappa shape index (κ3) is 2.17. The van der Waals surface area contributed by atoms with Crippen molar-refractivity contribution in [3.8, 4) is 0 Å². The van der Waals surface area contributed by atoms with Crippen LogP contribution in [0.1, 0.15) is 23.2 Å². The molecule has 16 heavy (non-hydrogen) atoms. The Kier molecular flexibility index (Phi) is 3.40. The highest BCUT2D eigenvalue weighted by Gasteiger charge is 2.04. The number of hydrogen-bond donors (Lipinski definition) is 2. The fourth-order valence-corrected chi connectivity index (χ4v) is 2.52. The lowest BCUT2D eigenvalue weighted by Crippen LogP contribution is -2.17. The molecule has 0 bridgehead atoms. The summed E-state index contributed by atoms with van der Waals surface area (Å²) < 4.78 is 2.46. The highest BCUT2D eigenvalue weighted by molar-refractivity contribution is 7.71. The predicted molar refractivity (Wildman–Crippen MR) is 68.9 cm³/mol. The lowest BCUT2D eigenvalue weighted by molar-refractivity contribution is 0.766. The summed E-state index contributed by atoms with van der Waals surface area (Å²) in [5.74, 6) is 0.930. The average Bonchev–Trinajstić information content (AvgIpc) is 2.82. The first-order valence-electron chi connectivity index (χ1n) is 5.15. The normalized spacial score (nSPS) is 10.6. The van der Waals surface area contributed by atoms with Gasteiger partial charge in [-0.2, -0.15) is 5.10 Å². The topological polar surface area (TPSA) is 45.6 Å². The van der Waals surface area contributed by atoms with Crippen LogP contribution in [0.25, 0.3) is 0 Å². The second kappa shape index (κ2) is 4.80. The van der Waals surface area contributed by atoms with Gasteiger partial charge in [-0.25, -0.2) is 4.68 Å². The van der Waals surface area contributed by atoms with Gasteiger partial charge in [-0.15, -0.1) is 11.3 Å². The van der Waals surface area contributed by atoms with Crippen LogP contribution in [-0.4, -0.2) is 14.9 Å². The molecule has 0 radical (unpaired) electrons. The molecule has 2 heterocycles. The van der Waals surface area contributed by atoms with Gasteiger partial charge >= 0.3 is 0 Å². The summed E-state index contributed by atoms with van der Waals surface area (Å²) in [4.78, 5) is 1.32. The van der Waals surface area contributed by atoms with Crippen molar-refractivity contribution in [1.29, 1.82) is 0 Å². The van der Waals surface area contributed by atoms with E-state index in [4.69, 9.17) is 12.2 Å². The van der Waals surface area contributed by atoms with Gasteiger partial charge in [0, 0.05) is 11.3 Å². The van der Waals surface area contributed by atoms with Crippen LogP contribution in [-0.2, 0) is 13.0 Å². The molecule has 6 heteroatoms. The van der Waals surface area contributed by atoms with Gasteiger partial charge in [0.1, 0.15) is 0 Å². The molecule has 0 aliphatic rings. The summed E-state index contributed by atoms with van der Waals surface area (Å²) >= 11 is 6.90. The van der Waals surface area contributed by atoms with E-state index < -0.39 is 0 Å². The van der Waals surface area contributed by atoms with Gasteiger partial charge in [0.15, 0.2) is 5.82 Å². The number of aromatic nitrogens is 3. The first-order chi connectivity index (χ1) is 7.72. The Morgan fingerprint density at radius 1 is 1.62 bits per heavy atom. The van der Waals surface area contributed by atoms with Crippen LogP contribution in [0.3, 0.4) is 0 Å². The van der Waals surface area contributed by atoms with Crippen LogP contribution in [0.4, 0.5) is 0 Å². The van der Waals surface area contributed by atoms with Gasteiger partial charge in [0.25, 0.3) is 0 Å². The van der Waals surface area contributed by atoms with Crippen LogP contribution in [0.5, 0.6) is 0 Å². The minimum absolute atomic E-state index is 0.617. The van der Waals surface area contributed by atoms with E-state index in [2.05, 4.69) is 40.9 Å². The predicted octanol–water partition coefficient (Wildman–Crippen LogP) is 2.62. The van der Waals surface area contributed by atoms with Gasteiger partial charge < -0.3 is 5.43 Å². The van der Waals surface area contributed by atoms with Crippen molar-refractivity contribution in [2.24, 2.45) is 0 Å². The van der Waals surface area contributed by atoms with E-state index in [0.717, 1.165) is 18.8 Å². The van der Waals surface area contributed by atoms with E-state index in [1.807, 2.05) is 4.68 Å². The van der Waals surface area contributed by atoms with Crippen LogP contribution in [0.15, 0.2) is 11.4 Å². The van der Waals surface area contributed by atoms with Crippen molar-refractivity contribution >= 4 is 23.6 Å². The van der Waals surface area contributed by atoms with Gasteiger partial charge in [0.2, 0.25) is 4.77 Å². The fourth-order valence-electron chi connectivity index (χ4n) is 1.47. The summed E-state index contributed by atoms with van der Waals surface area (Å²) in [6, 6.07) is 2.12. The van der Waals surface area contributed by atoms with Crippen LogP contribution in [0.2, 0.25) is 0 Å². The standard InChI is InChI=1S/C10H14N4S2/c1-3-9-12-13-10(15)14(9)11-6-8-7(2)4-5-16-8/h4-5,11H,3,6H2,1-2H3,(H,13,15). The van der Waals surface area contributed by atoms with E-state index in [0.29, 0.717) is 4.77 Å². The average molecular weight is 254 g/mol. The zero-order valence-corrected chi connectivity index (χ0v) is 10.9. The lowest BCUT2D eigenvalue weighted by atomic mass is 10.3. The summed E-state index contributed by atoms with van der Waals surface area (Å²) in [6.45, 7) is 4.95. The highest BCUT2D eigenvalue weighted by atomic mass is 32.1. The van der Waals surface area contributed by atoms with Gasteiger partial charge in [-0.1, -0.05) is 6.92 Å². The molecule has 0 saturated carbocycles. The second-order valence-corrected chi connectivity index (χ2v) is 4.88. The Hall–Kier alpha value is -1.14. The molecular formula is C10H14N4S2. The molecule has 0 amide bonds. The summed E-state index contributed by atoms with van der Waals surface area (Å²) in [7, 11) is 0. The maximum absolute atomic E-state index is 5.15. The van der Waals surface area contributed by atoms with E-state index in [9.17, 15) is 0 Å². The molecule has 0 aromatic carbocycles. The molecule has 0 saturated heterocycles. The van der Waals surface area contributed by atoms with Gasteiger partial charge in [-0.05, 0) is 36.2 Å². The first kappa shape index (κ1) is 11.3. The summed E-state index contributed by atoms with van der Waals surface area (Å²) in [5.41, 5.74) is 4.60. The zero-order chi connectivity index (χ0) is 11.5. The fraction of sp³-hybridized carbons (Fsp3) is 0.400. The van der Waals surface area contributed by atoms with Gasteiger partial charge in [0.05, 0.1) is 6.54 Å². The van der Waals surface area contributed by atoms with Crippen molar-refractivity contribution in [3.05, 3.63) is 32.5 Å². The van der Waals surface area contributed by atoms with Crippen molar-refractivity contribution in [2.75, 3.05) is 5.43 Å². The molecule has 2 aromatic rings. The van der Waals surface area contributed by atoms with Crippen LogP contribution in [0, 0.1) is 11.7 Å². The molecule has 0 atom stereocenters. The van der Waals surface area contributed by atoms with Crippen molar-refractivity contribution in [1.82, 2.24) is 14.9 Å². The first-order valence-corrected chi connectivity index (χ1v) is 6.44. The Labute approximate surface area is 103 Å². The monoisotopic (exact) mass is 254 g/mol. The number of hydrogen-bond acceptors (Lipinski definition) is 4. The molecule has 2 N–H and O–H groups in total. The van der Waals surface area contributed by atoms with E-state index in [-0.39, 0.29) is 0 Å². The van der Waals surface area contributed by atoms with Gasteiger partial charge in [-0.3, -0.25) is 5.10 Å².